The Kier molecular flexibility index (Phi) is 2.22. The lowest BCUT2D eigenvalue weighted by Gasteiger charge is -2.28. The number of likely N-dealkylation sites (N-methyl/N-ethyl adjacent to an activating group) is 1. The highest BCUT2D eigenvalue weighted by Gasteiger charge is 2.24. The smallest absolute Gasteiger partial charge is 0.307 e. The number of nitrogens with zero attached hydrogens (tertiary/aromatic N) is 1. The fraction of sp³-hybridized carbons (Fsp3) is 0.818. The molecule has 0 aromatic carbocycles. The zero-order valence-corrected chi connectivity index (χ0v) is 9.02. The van der Waals surface area contributed by atoms with Gasteiger partial charge in [-0.15, -0.1) is 0 Å². The van der Waals surface area contributed by atoms with Crippen LogP contribution in [-0.4, -0.2) is 55.1 Å². The zero-order valence-electron chi connectivity index (χ0n) is 18.0. The van der Waals surface area contributed by atoms with Gasteiger partial charge >= 0.3 is 11.9 Å². The summed E-state index contributed by atoms with van der Waals surface area (Å²) in [6.07, 6.45) is -2.39. The maximum atomic E-state index is 11.6. The first kappa shape index (κ1) is 5.49. The van der Waals surface area contributed by atoms with Gasteiger partial charge in [-0.1, -0.05) is 6.92 Å². The standard InChI is InChI=1S/C11H21NO4/c1-5-6-11(15)16-9(7-10(13)14)8-12(2,3)4/h9H,5-8H2,1-4H3/p+1/t9-/m1/s1/i2D3,3D3,4D3. The summed E-state index contributed by atoms with van der Waals surface area (Å²) in [5, 5.41) is 8.91. The summed E-state index contributed by atoms with van der Waals surface area (Å²) >= 11 is 0. The number of rotatable bonds is 7. The second kappa shape index (κ2) is 6.48. The first-order valence-electron chi connectivity index (χ1n) is 9.29. The van der Waals surface area contributed by atoms with Crippen molar-refractivity contribution in [2.45, 2.75) is 32.3 Å². The minimum Gasteiger partial charge on any atom is -0.481 e. The topological polar surface area (TPSA) is 63.6 Å². The molecule has 1 N–H and O–H groups in total. The number of carbonyl (C=O) groups is 2. The summed E-state index contributed by atoms with van der Waals surface area (Å²) in [6.45, 7) is -10.2. The first-order valence-corrected chi connectivity index (χ1v) is 4.79. The van der Waals surface area contributed by atoms with Crippen molar-refractivity contribution < 1.29 is 36.3 Å². The van der Waals surface area contributed by atoms with E-state index in [2.05, 4.69) is 0 Å². The number of carboxylic acid groups (broad SMARTS) is 1. The van der Waals surface area contributed by atoms with Crippen LogP contribution in [0.4, 0.5) is 0 Å². The van der Waals surface area contributed by atoms with E-state index in [0.29, 0.717) is 6.42 Å². The number of hydrogen-bond donors (Lipinski definition) is 1. The van der Waals surface area contributed by atoms with Crippen LogP contribution in [0.3, 0.4) is 0 Å². The molecule has 5 heteroatoms. The van der Waals surface area contributed by atoms with Gasteiger partial charge in [0, 0.05) is 6.42 Å². The molecule has 0 radical (unpaired) electrons. The van der Waals surface area contributed by atoms with E-state index in [1.54, 1.807) is 6.92 Å². The molecule has 0 aromatic rings. The molecule has 0 heterocycles. The van der Waals surface area contributed by atoms with Crippen LogP contribution in [0, 0.1) is 0 Å². The Morgan fingerprint density at radius 1 is 1.44 bits per heavy atom. The lowest BCUT2D eigenvalue weighted by Crippen LogP contribution is -2.43. The molecule has 0 unspecified atom stereocenters. The van der Waals surface area contributed by atoms with Crippen molar-refractivity contribution in [3.63, 3.8) is 0 Å². The van der Waals surface area contributed by atoms with Crippen LogP contribution in [0.5, 0.6) is 0 Å². The molecule has 0 amide bonds. The molecule has 0 aliphatic heterocycles. The van der Waals surface area contributed by atoms with Gasteiger partial charge < -0.3 is 14.3 Å². The van der Waals surface area contributed by atoms with Crippen molar-refractivity contribution in [3.05, 3.63) is 0 Å². The number of quaternary nitrogens is 1. The second-order valence-electron chi connectivity index (χ2n) is 3.45. The number of carbonyl (C=O) groups excluding carboxylic acids is 1. The Hall–Kier alpha value is -1.10. The van der Waals surface area contributed by atoms with E-state index in [1.165, 1.54) is 0 Å². The Bertz CT molecular complexity index is 447. The first-order chi connectivity index (χ1) is 11.0. The highest BCUT2D eigenvalue weighted by molar-refractivity contribution is 5.71. The van der Waals surface area contributed by atoms with Crippen LogP contribution < -0.4 is 0 Å². The number of aliphatic carboxylic acids is 1. The third-order valence-electron chi connectivity index (χ3n) is 1.63. The van der Waals surface area contributed by atoms with Crippen molar-refractivity contribution in [1.82, 2.24) is 0 Å². The predicted molar refractivity (Wildman–Crippen MR) is 59.9 cm³/mol. The van der Waals surface area contributed by atoms with E-state index in [0.717, 1.165) is 0 Å². The molecule has 1 atom stereocenters. The van der Waals surface area contributed by atoms with E-state index in [9.17, 15) is 9.59 Å². The molecule has 0 aliphatic carbocycles. The molecule has 0 aliphatic rings. The summed E-state index contributed by atoms with van der Waals surface area (Å²) in [7, 11) is 0. The van der Waals surface area contributed by atoms with Crippen molar-refractivity contribution in [2.75, 3.05) is 27.5 Å². The molecule has 0 fully saturated rings. The summed E-state index contributed by atoms with van der Waals surface area (Å²) in [4.78, 5) is 22.6. The minimum atomic E-state index is -3.54. The SMILES string of the molecule is [2H]C([2H])([2H])[N+](C[C@@H](CC(=O)O)OC(=O)CCC)(C([2H])([2H])[2H])C([2H])([2H])[2H]. The molecule has 0 bridgehead atoms. The third-order valence-corrected chi connectivity index (χ3v) is 1.63. The Balaban J connectivity index is 6.07. The molecule has 0 saturated heterocycles. The van der Waals surface area contributed by atoms with E-state index >= 15 is 0 Å². The van der Waals surface area contributed by atoms with Gasteiger partial charge in [0.1, 0.15) is 6.54 Å². The Labute approximate surface area is 109 Å². The summed E-state index contributed by atoms with van der Waals surface area (Å²) < 4.78 is 69.9. The molecule has 94 valence electrons. The van der Waals surface area contributed by atoms with Gasteiger partial charge in [0.2, 0.25) is 0 Å². The number of carboxylic acids is 1. The number of esters is 1. The third kappa shape index (κ3) is 8.23. The van der Waals surface area contributed by atoms with Crippen LogP contribution in [-0.2, 0) is 14.3 Å². The zero-order chi connectivity index (χ0) is 20.3. The van der Waals surface area contributed by atoms with Gasteiger partial charge in [-0.2, -0.15) is 0 Å². The fourth-order valence-electron chi connectivity index (χ4n) is 1.09. The summed E-state index contributed by atoms with van der Waals surface area (Å²) in [6, 6.07) is 0. The van der Waals surface area contributed by atoms with Gasteiger partial charge in [-0.25, -0.2) is 0 Å². The normalized spacial score (nSPS) is 23.9. The Morgan fingerprint density at radius 3 is 2.50 bits per heavy atom. The number of ether oxygens (including phenoxy) is 1. The summed E-state index contributed by atoms with van der Waals surface area (Å²) in [5.74, 6) is -2.36. The van der Waals surface area contributed by atoms with Crippen LogP contribution in [0.15, 0.2) is 0 Å². The van der Waals surface area contributed by atoms with Gasteiger partial charge in [0.05, 0.1) is 39.7 Å². The molecule has 0 rings (SSSR count). The van der Waals surface area contributed by atoms with Crippen LogP contribution in [0.25, 0.3) is 0 Å². The van der Waals surface area contributed by atoms with E-state index in [1.807, 2.05) is 0 Å². The molecule has 16 heavy (non-hydrogen) atoms. The van der Waals surface area contributed by atoms with E-state index < -0.39 is 56.4 Å². The molecule has 0 saturated carbocycles. The van der Waals surface area contributed by atoms with Gasteiger partial charge in [0.25, 0.3) is 0 Å². The summed E-state index contributed by atoms with van der Waals surface area (Å²) in [5.41, 5.74) is 0. The molecule has 0 spiro atoms. The van der Waals surface area contributed by atoms with Crippen LogP contribution in [0.1, 0.15) is 38.5 Å². The highest BCUT2D eigenvalue weighted by Crippen LogP contribution is 2.07. The lowest BCUT2D eigenvalue weighted by molar-refractivity contribution is -0.873. The minimum absolute atomic E-state index is 0.106. The molecule has 0 aromatic heterocycles. The van der Waals surface area contributed by atoms with Gasteiger partial charge in [0.15, 0.2) is 6.10 Å². The highest BCUT2D eigenvalue weighted by atomic mass is 16.5. The monoisotopic (exact) mass is 241 g/mol. The number of hydrogen-bond acceptors (Lipinski definition) is 3. The molecular formula is C11H22NO4+. The Morgan fingerprint density at radius 2 is 2.06 bits per heavy atom. The lowest BCUT2D eigenvalue weighted by atomic mass is 10.2. The largest absolute Gasteiger partial charge is 0.481 e. The average Bonchev–Trinajstić information content (AvgIpc) is 2.30. The van der Waals surface area contributed by atoms with Gasteiger partial charge in [-0.3, -0.25) is 9.59 Å². The quantitative estimate of drug-likeness (QED) is 0.531. The maximum absolute atomic E-state index is 11.6. The molecule has 5 nitrogen and oxygen atoms in total. The van der Waals surface area contributed by atoms with Gasteiger partial charge in [-0.05, 0) is 6.42 Å². The van der Waals surface area contributed by atoms with Crippen molar-refractivity contribution in [1.29, 1.82) is 0 Å². The second-order valence-corrected chi connectivity index (χ2v) is 3.45. The average molecular weight is 241 g/mol. The van der Waals surface area contributed by atoms with Crippen molar-refractivity contribution in [2.24, 2.45) is 0 Å². The van der Waals surface area contributed by atoms with Crippen molar-refractivity contribution in [3.8, 4) is 0 Å². The van der Waals surface area contributed by atoms with E-state index in [4.69, 9.17) is 22.2 Å². The van der Waals surface area contributed by atoms with Crippen molar-refractivity contribution >= 4 is 11.9 Å². The fourth-order valence-corrected chi connectivity index (χ4v) is 1.09. The van der Waals surface area contributed by atoms with Crippen LogP contribution >= 0.6 is 0 Å². The maximum Gasteiger partial charge on any atom is 0.307 e. The molecular weight excluding hydrogens is 210 g/mol. The van der Waals surface area contributed by atoms with Crippen LogP contribution in [0.2, 0.25) is 0 Å². The predicted octanol–water partition coefficient (Wildman–Crippen LogP) is 0.879. The van der Waals surface area contributed by atoms with E-state index in [-0.39, 0.29) is 6.42 Å².